The number of benzene rings is 1. The van der Waals surface area contributed by atoms with E-state index in [2.05, 4.69) is 38.1 Å². The molecular formula is C27H36O3. The van der Waals surface area contributed by atoms with Gasteiger partial charge < -0.3 is 14.9 Å². The molecule has 4 aliphatic rings. The van der Waals surface area contributed by atoms with Gasteiger partial charge in [-0.05, 0) is 91.4 Å². The molecule has 0 aliphatic heterocycles. The fraction of sp³-hybridized carbons (Fsp3) is 0.630. The summed E-state index contributed by atoms with van der Waals surface area (Å²) in [5.74, 6) is 2.74. The number of ether oxygens (including phenoxy) is 1. The van der Waals surface area contributed by atoms with Crippen molar-refractivity contribution in [2.75, 3.05) is 7.11 Å². The van der Waals surface area contributed by atoms with Gasteiger partial charge in [0.05, 0.1) is 19.3 Å². The first-order chi connectivity index (χ1) is 14.3. The van der Waals surface area contributed by atoms with Crippen molar-refractivity contribution in [2.45, 2.75) is 71.0 Å². The quantitative estimate of drug-likeness (QED) is 0.647. The van der Waals surface area contributed by atoms with Gasteiger partial charge in [0.25, 0.3) is 0 Å². The third-order valence-corrected chi connectivity index (χ3v) is 9.41. The number of hydrogen-bond donors (Lipinski definition) is 2. The lowest BCUT2D eigenvalue weighted by Crippen LogP contribution is -2.51. The molecule has 0 heterocycles. The van der Waals surface area contributed by atoms with Crippen LogP contribution in [-0.2, 0) is 0 Å². The van der Waals surface area contributed by atoms with Crippen molar-refractivity contribution < 1.29 is 14.9 Å². The van der Waals surface area contributed by atoms with Crippen molar-refractivity contribution in [3.63, 3.8) is 0 Å². The molecule has 4 aliphatic carbocycles. The molecule has 3 fully saturated rings. The van der Waals surface area contributed by atoms with Crippen LogP contribution in [-0.4, -0.2) is 29.5 Å². The Bertz CT molecular complexity index is 869. The molecule has 0 spiro atoms. The highest BCUT2D eigenvalue weighted by Crippen LogP contribution is 2.65. The second kappa shape index (κ2) is 7.24. The number of hydrogen-bond acceptors (Lipinski definition) is 3. The number of allylic oxidation sites excluding steroid dienone is 1. The van der Waals surface area contributed by atoms with Crippen molar-refractivity contribution in [3.8, 4) is 5.75 Å². The summed E-state index contributed by atoms with van der Waals surface area (Å²) in [6, 6.07) is 8.14. The molecule has 1 aromatic rings. The standard InChI is InChI=1S/C27H36O3/c1-26-12-10-20(28)16-19(26)6-9-22-23(26)11-13-27(2)24(22)15-18(25(27)29)14-17-4-7-21(30-3)8-5-17/h4-8,14,20,22-25,28-29H,9-13,15-16H2,1-3H3/t20-,22-,23+,24-,25+,26-,27-/m1/s1. The monoisotopic (exact) mass is 408 g/mol. The van der Waals surface area contributed by atoms with Crippen LogP contribution >= 0.6 is 0 Å². The second-order valence-corrected chi connectivity index (χ2v) is 10.8. The second-order valence-electron chi connectivity index (χ2n) is 10.8. The van der Waals surface area contributed by atoms with Crippen molar-refractivity contribution in [1.29, 1.82) is 0 Å². The van der Waals surface area contributed by atoms with E-state index in [0.29, 0.717) is 17.8 Å². The Hall–Kier alpha value is -1.58. The maximum atomic E-state index is 11.4. The highest BCUT2D eigenvalue weighted by atomic mass is 16.5. The van der Waals surface area contributed by atoms with Crippen LogP contribution in [0.4, 0.5) is 0 Å². The molecule has 0 amide bonds. The molecule has 1 aromatic carbocycles. The number of methoxy groups -OCH3 is 1. The van der Waals surface area contributed by atoms with Crippen molar-refractivity contribution in [2.24, 2.45) is 28.6 Å². The molecule has 0 aromatic heterocycles. The summed E-state index contributed by atoms with van der Waals surface area (Å²) in [6.07, 6.45) is 11.5. The van der Waals surface area contributed by atoms with Crippen LogP contribution in [0.1, 0.15) is 64.4 Å². The lowest BCUT2D eigenvalue weighted by atomic mass is 9.48. The SMILES string of the molecule is COc1ccc(C=C2C[C@@H]3[C@@H]4CC=C5C[C@H](O)CC[C@@]5(C)[C@H]4CC[C@@]3(C)[C@H]2O)cc1. The van der Waals surface area contributed by atoms with Gasteiger partial charge >= 0.3 is 0 Å². The molecule has 5 rings (SSSR count). The largest absolute Gasteiger partial charge is 0.497 e. The highest BCUT2D eigenvalue weighted by molar-refractivity contribution is 5.56. The molecule has 7 atom stereocenters. The molecule has 0 bridgehead atoms. The summed E-state index contributed by atoms with van der Waals surface area (Å²) in [5.41, 5.74) is 4.08. The third-order valence-electron chi connectivity index (χ3n) is 9.41. The molecule has 0 unspecified atom stereocenters. The fourth-order valence-electron chi connectivity index (χ4n) is 7.55. The molecule has 3 heteroatoms. The van der Waals surface area contributed by atoms with E-state index < -0.39 is 0 Å². The van der Waals surface area contributed by atoms with Crippen LogP contribution in [0.2, 0.25) is 0 Å². The van der Waals surface area contributed by atoms with Crippen LogP contribution < -0.4 is 4.74 Å². The summed E-state index contributed by atoms with van der Waals surface area (Å²) >= 11 is 0. The highest BCUT2D eigenvalue weighted by Gasteiger charge is 2.59. The summed E-state index contributed by atoms with van der Waals surface area (Å²) in [7, 11) is 1.69. The minimum atomic E-state index is -0.350. The van der Waals surface area contributed by atoms with Gasteiger partial charge in [0, 0.05) is 5.41 Å². The van der Waals surface area contributed by atoms with E-state index in [4.69, 9.17) is 4.74 Å². The Balaban J connectivity index is 1.44. The van der Waals surface area contributed by atoms with Crippen LogP contribution in [0.25, 0.3) is 6.08 Å². The fourth-order valence-corrected chi connectivity index (χ4v) is 7.55. The van der Waals surface area contributed by atoms with Gasteiger partial charge in [0.1, 0.15) is 5.75 Å². The lowest BCUT2D eigenvalue weighted by Gasteiger charge is -2.57. The van der Waals surface area contributed by atoms with E-state index in [1.165, 1.54) is 17.6 Å². The lowest BCUT2D eigenvalue weighted by molar-refractivity contribution is -0.0685. The number of aliphatic hydroxyl groups is 2. The van der Waals surface area contributed by atoms with Crippen molar-refractivity contribution in [1.82, 2.24) is 0 Å². The minimum Gasteiger partial charge on any atom is -0.497 e. The Labute approximate surface area is 180 Å². The molecular weight excluding hydrogens is 372 g/mol. The van der Waals surface area contributed by atoms with E-state index in [9.17, 15) is 10.2 Å². The van der Waals surface area contributed by atoms with Crippen LogP contribution in [0.3, 0.4) is 0 Å². The molecule has 0 saturated heterocycles. The molecule has 3 saturated carbocycles. The third kappa shape index (κ3) is 3.00. The van der Waals surface area contributed by atoms with E-state index in [1.54, 1.807) is 7.11 Å². The van der Waals surface area contributed by atoms with E-state index in [1.807, 2.05) is 12.1 Å². The van der Waals surface area contributed by atoms with E-state index in [-0.39, 0.29) is 23.0 Å². The van der Waals surface area contributed by atoms with Gasteiger partial charge in [-0.15, -0.1) is 0 Å². The maximum Gasteiger partial charge on any atom is 0.118 e. The van der Waals surface area contributed by atoms with Crippen LogP contribution in [0.5, 0.6) is 5.75 Å². The molecule has 2 N–H and O–H groups in total. The van der Waals surface area contributed by atoms with Gasteiger partial charge in [-0.3, -0.25) is 0 Å². The van der Waals surface area contributed by atoms with E-state index >= 15 is 0 Å². The zero-order valence-electron chi connectivity index (χ0n) is 18.6. The number of rotatable bonds is 2. The Kier molecular flexibility index (Phi) is 4.91. The van der Waals surface area contributed by atoms with Gasteiger partial charge in [0.15, 0.2) is 0 Å². The predicted molar refractivity (Wildman–Crippen MR) is 120 cm³/mol. The Morgan fingerprint density at radius 2 is 1.77 bits per heavy atom. The van der Waals surface area contributed by atoms with Crippen LogP contribution in [0, 0.1) is 28.6 Å². The minimum absolute atomic E-state index is 0.0185. The molecule has 30 heavy (non-hydrogen) atoms. The van der Waals surface area contributed by atoms with Gasteiger partial charge in [0.2, 0.25) is 0 Å². The smallest absolute Gasteiger partial charge is 0.118 e. The predicted octanol–water partition coefficient (Wildman–Crippen LogP) is 5.37. The summed E-state index contributed by atoms with van der Waals surface area (Å²) in [4.78, 5) is 0. The number of aliphatic hydroxyl groups excluding tert-OH is 2. The maximum absolute atomic E-state index is 11.4. The summed E-state index contributed by atoms with van der Waals surface area (Å²) in [5, 5.41) is 21.6. The van der Waals surface area contributed by atoms with Crippen LogP contribution in [0.15, 0.2) is 41.5 Å². The van der Waals surface area contributed by atoms with E-state index in [0.717, 1.165) is 49.8 Å². The summed E-state index contributed by atoms with van der Waals surface area (Å²) in [6.45, 7) is 4.79. The first kappa shape index (κ1) is 20.3. The van der Waals surface area contributed by atoms with Gasteiger partial charge in [-0.25, -0.2) is 0 Å². The first-order valence-electron chi connectivity index (χ1n) is 11.8. The molecule has 3 nitrogen and oxygen atoms in total. The first-order valence-corrected chi connectivity index (χ1v) is 11.8. The Morgan fingerprint density at radius 3 is 2.50 bits per heavy atom. The molecule has 162 valence electrons. The topological polar surface area (TPSA) is 49.7 Å². The Morgan fingerprint density at radius 1 is 1.00 bits per heavy atom. The zero-order chi connectivity index (χ0) is 21.1. The normalized spacial score (nSPS) is 44.1. The summed E-state index contributed by atoms with van der Waals surface area (Å²) < 4.78 is 5.28. The average Bonchev–Trinajstić information content (AvgIpc) is 3.00. The van der Waals surface area contributed by atoms with Gasteiger partial charge in [-0.2, -0.15) is 0 Å². The van der Waals surface area contributed by atoms with Gasteiger partial charge in [-0.1, -0.05) is 43.7 Å². The van der Waals surface area contributed by atoms with Crippen molar-refractivity contribution in [3.05, 3.63) is 47.1 Å². The number of fused-ring (bicyclic) bond motifs is 5. The average molecular weight is 409 g/mol. The molecule has 0 radical (unpaired) electrons. The zero-order valence-corrected chi connectivity index (χ0v) is 18.6. The van der Waals surface area contributed by atoms with Crippen molar-refractivity contribution >= 4 is 6.08 Å².